The summed E-state index contributed by atoms with van der Waals surface area (Å²) in [5.41, 5.74) is 1.75. The number of fused-ring (bicyclic) bond motifs is 1. The van der Waals surface area contributed by atoms with Crippen LogP contribution in [0.15, 0.2) is 42.5 Å². The summed E-state index contributed by atoms with van der Waals surface area (Å²) in [4.78, 5) is 0. The van der Waals surface area contributed by atoms with Crippen LogP contribution in [0, 0.1) is 0 Å². The average molecular weight is 335 g/mol. The molecule has 0 unspecified atom stereocenters. The minimum absolute atomic E-state index is 0.0872. The summed E-state index contributed by atoms with van der Waals surface area (Å²) in [5, 5.41) is 3.34. The van der Waals surface area contributed by atoms with Gasteiger partial charge >= 0.3 is 6.61 Å². The van der Waals surface area contributed by atoms with Crippen LogP contribution in [0.3, 0.4) is 0 Å². The SMILES string of the molecule is COc1cccc2c1OC[C@H](NCc1ccccc1OC(F)F)C2. The molecule has 0 radical (unpaired) electrons. The van der Waals surface area contributed by atoms with Crippen molar-refractivity contribution in [2.45, 2.75) is 25.6 Å². The summed E-state index contributed by atoms with van der Waals surface area (Å²) in [6.45, 7) is -1.91. The quantitative estimate of drug-likeness (QED) is 0.878. The molecule has 1 atom stereocenters. The number of para-hydroxylation sites is 2. The van der Waals surface area contributed by atoms with Crippen LogP contribution in [0.1, 0.15) is 11.1 Å². The van der Waals surface area contributed by atoms with Gasteiger partial charge in [-0.2, -0.15) is 8.78 Å². The number of ether oxygens (including phenoxy) is 3. The third kappa shape index (κ3) is 3.76. The molecule has 0 spiro atoms. The van der Waals surface area contributed by atoms with E-state index in [1.807, 2.05) is 18.2 Å². The standard InChI is InChI=1S/C18H19F2NO3/c1-22-16-8-4-6-12-9-14(11-23-17(12)16)21-10-13-5-2-3-7-15(13)24-18(19)20/h2-8,14,18,21H,9-11H2,1H3/t14-/m1/s1. The molecular weight excluding hydrogens is 316 g/mol. The van der Waals surface area contributed by atoms with Crippen molar-refractivity contribution >= 4 is 0 Å². The van der Waals surface area contributed by atoms with Crippen LogP contribution in [0.2, 0.25) is 0 Å². The van der Waals surface area contributed by atoms with Gasteiger partial charge in [-0.05, 0) is 24.1 Å². The zero-order chi connectivity index (χ0) is 16.9. The summed E-state index contributed by atoms with van der Waals surface area (Å²) in [6, 6.07) is 12.7. The minimum atomic E-state index is -2.83. The van der Waals surface area contributed by atoms with Gasteiger partial charge in [-0.15, -0.1) is 0 Å². The van der Waals surface area contributed by atoms with Crippen molar-refractivity contribution in [2.75, 3.05) is 13.7 Å². The van der Waals surface area contributed by atoms with Gasteiger partial charge in [0, 0.05) is 18.2 Å². The number of methoxy groups -OCH3 is 1. The van der Waals surface area contributed by atoms with E-state index in [-0.39, 0.29) is 11.8 Å². The first-order valence-electron chi connectivity index (χ1n) is 7.72. The van der Waals surface area contributed by atoms with E-state index >= 15 is 0 Å². The Bertz CT molecular complexity index is 694. The molecule has 0 amide bonds. The summed E-state index contributed by atoms with van der Waals surface area (Å²) in [6.07, 6.45) is 0.782. The molecule has 1 N–H and O–H groups in total. The first-order valence-corrected chi connectivity index (χ1v) is 7.72. The third-order valence-electron chi connectivity index (χ3n) is 3.95. The van der Waals surface area contributed by atoms with Crippen LogP contribution in [0.5, 0.6) is 17.2 Å². The number of alkyl halides is 2. The zero-order valence-corrected chi connectivity index (χ0v) is 13.3. The fourth-order valence-electron chi connectivity index (χ4n) is 2.80. The van der Waals surface area contributed by atoms with E-state index < -0.39 is 6.61 Å². The van der Waals surface area contributed by atoms with E-state index in [0.717, 1.165) is 23.5 Å². The van der Waals surface area contributed by atoms with Gasteiger partial charge in [-0.25, -0.2) is 0 Å². The smallest absolute Gasteiger partial charge is 0.387 e. The van der Waals surface area contributed by atoms with Crippen molar-refractivity contribution < 1.29 is 23.0 Å². The topological polar surface area (TPSA) is 39.7 Å². The van der Waals surface area contributed by atoms with Gasteiger partial charge in [0.2, 0.25) is 0 Å². The van der Waals surface area contributed by atoms with Crippen LogP contribution in [0.4, 0.5) is 8.78 Å². The van der Waals surface area contributed by atoms with E-state index in [4.69, 9.17) is 9.47 Å². The van der Waals surface area contributed by atoms with Crippen molar-refractivity contribution in [3.63, 3.8) is 0 Å². The zero-order valence-electron chi connectivity index (χ0n) is 13.3. The van der Waals surface area contributed by atoms with E-state index in [2.05, 4.69) is 10.1 Å². The van der Waals surface area contributed by atoms with Gasteiger partial charge in [0.15, 0.2) is 11.5 Å². The summed E-state index contributed by atoms with van der Waals surface area (Å²) >= 11 is 0. The Hall–Kier alpha value is -2.34. The maximum absolute atomic E-state index is 12.5. The normalized spacial score (nSPS) is 16.4. The molecule has 4 nitrogen and oxygen atoms in total. The molecular formula is C18H19F2NO3. The van der Waals surface area contributed by atoms with Gasteiger partial charge in [0.1, 0.15) is 12.4 Å². The number of nitrogens with one attached hydrogen (secondary N) is 1. The largest absolute Gasteiger partial charge is 0.493 e. The highest BCUT2D eigenvalue weighted by Crippen LogP contribution is 2.34. The molecule has 1 heterocycles. The van der Waals surface area contributed by atoms with Crippen LogP contribution in [-0.2, 0) is 13.0 Å². The number of benzene rings is 2. The molecule has 128 valence electrons. The Labute approximate surface area is 139 Å². The lowest BCUT2D eigenvalue weighted by molar-refractivity contribution is -0.0505. The molecule has 0 fully saturated rings. The highest BCUT2D eigenvalue weighted by Gasteiger charge is 2.22. The Morgan fingerprint density at radius 2 is 1.96 bits per heavy atom. The molecule has 0 bridgehead atoms. The Kier molecular flexibility index (Phi) is 5.15. The summed E-state index contributed by atoms with van der Waals surface area (Å²) < 4.78 is 40.6. The summed E-state index contributed by atoms with van der Waals surface area (Å²) in [5.74, 6) is 1.69. The highest BCUT2D eigenvalue weighted by molar-refractivity contribution is 5.48. The monoisotopic (exact) mass is 335 g/mol. The molecule has 1 aliphatic rings. The third-order valence-corrected chi connectivity index (χ3v) is 3.95. The van der Waals surface area contributed by atoms with Crippen LogP contribution in [-0.4, -0.2) is 26.4 Å². The Morgan fingerprint density at radius 1 is 1.17 bits per heavy atom. The van der Waals surface area contributed by atoms with Gasteiger partial charge in [-0.3, -0.25) is 0 Å². The second-order valence-electron chi connectivity index (χ2n) is 5.53. The Morgan fingerprint density at radius 3 is 2.75 bits per heavy atom. The Balaban J connectivity index is 1.64. The van der Waals surface area contributed by atoms with Gasteiger partial charge in [-0.1, -0.05) is 30.3 Å². The average Bonchev–Trinajstić information content (AvgIpc) is 2.59. The van der Waals surface area contributed by atoms with Crippen molar-refractivity contribution in [3.8, 4) is 17.2 Å². The number of hydrogen-bond acceptors (Lipinski definition) is 4. The number of halogens is 2. The number of rotatable bonds is 6. The van der Waals surface area contributed by atoms with E-state index in [1.165, 1.54) is 0 Å². The highest BCUT2D eigenvalue weighted by atomic mass is 19.3. The van der Waals surface area contributed by atoms with Crippen molar-refractivity contribution in [2.24, 2.45) is 0 Å². The molecule has 1 aliphatic heterocycles. The lowest BCUT2D eigenvalue weighted by Gasteiger charge is -2.27. The molecule has 6 heteroatoms. The fraction of sp³-hybridized carbons (Fsp3) is 0.333. The predicted molar refractivity (Wildman–Crippen MR) is 85.9 cm³/mol. The molecule has 0 saturated heterocycles. The molecule has 2 aromatic rings. The fourth-order valence-corrected chi connectivity index (χ4v) is 2.80. The molecule has 0 aliphatic carbocycles. The maximum Gasteiger partial charge on any atom is 0.387 e. The molecule has 24 heavy (non-hydrogen) atoms. The van der Waals surface area contributed by atoms with Crippen molar-refractivity contribution in [1.29, 1.82) is 0 Å². The number of hydrogen-bond donors (Lipinski definition) is 1. The van der Waals surface area contributed by atoms with Gasteiger partial charge < -0.3 is 19.5 Å². The molecule has 0 aromatic heterocycles. The van der Waals surface area contributed by atoms with E-state index in [1.54, 1.807) is 31.4 Å². The van der Waals surface area contributed by atoms with Crippen LogP contribution >= 0.6 is 0 Å². The predicted octanol–water partition coefficient (Wildman–Crippen LogP) is 3.39. The van der Waals surface area contributed by atoms with E-state index in [9.17, 15) is 8.78 Å². The van der Waals surface area contributed by atoms with Crippen LogP contribution < -0.4 is 19.5 Å². The second-order valence-corrected chi connectivity index (χ2v) is 5.53. The molecule has 0 saturated carbocycles. The summed E-state index contributed by atoms with van der Waals surface area (Å²) in [7, 11) is 1.61. The second kappa shape index (κ2) is 7.49. The van der Waals surface area contributed by atoms with Crippen molar-refractivity contribution in [3.05, 3.63) is 53.6 Å². The maximum atomic E-state index is 12.5. The van der Waals surface area contributed by atoms with Crippen LogP contribution in [0.25, 0.3) is 0 Å². The lowest BCUT2D eigenvalue weighted by atomic mass is 10.0. The van der Waals surface area contributed by atoms with Crippen molar-refractivity contribution in [1.82, 2.24) is 5.32 Å². The first-order chi connectivity index (χ1) is 11.7. The first kappa shape index (κ1) is 16.5. The van der Waals surface area contributed by atoms with E-state index in [0.29, 0.717) is 18.7 Å². The molecule has 2 aromatic carbocycles. The lowest BCUT2D eigenvalue weighted by Crippen LogP contribution is -2.39. The van der Waals surface area contributed by atoms with Gasteiger partial charge in [0.05, 0.1) is 7.11 Å². The minimum Gasteiger partial charge on any atom is -0.493 e. The molecule has 3 rings (SSSR count). The van der Waals surface area contributed by atoms with Gasteiger partial charge in [0.25, 0.3) is 0 Å².